The van der Waals surface area contributed by atoms with Crippen LogP contribution in [-0.2, 0) is 32.6 Å². The summed E-state index contributed by atoms with van der Waals surface area (Å²) in [5.41, 5.74) is 2.55. The summed E-state index contributed by atoms with van der Waals surface area (Å²) in [6, 6.07) is 23.3. The van der Waals surface area contributed by atoms with Crippen LogP contribution in [0.3, 0.4) is 0 Å². The summed E-state index contributed by atoms with van der Waals surface area (Å²) >= 11 is 6.49. The molecule has 0 unspecified atom stereocenters. The number of amides is 2. The molecular weight excluding hydrogens is 558 g/mol. The number of carbonyl (C=O) groups is 2. The Bertz CT molecular complexity index is 1440. The Morgan fingerprint density at radius 3 is 2.15 bits per heavy atom. The molecular formula is C32H40ClN3O4S. The molecule has 7 nitrogen and oxygen atoms in total. The third-order valence-electron chi connectivity index (χ3n) is 6.60. The lowest BCUT2D eigenvalue weighted by Gasteiger charge is -2.34. The summed E-state index contributed by atoms with van der Waals surface area (Å²) in [6.45, 7) is 7.82. The first-order valence-electron chi connectivity index (χ1n) is 13.7. The molecule has 0 radical (unpaired) electrons. The minimum Gasteiger partial charge on any atom is -0.350 e. The van der Waals surface area contributed by atoms with Crippen LogP contribution in [0, 0.1) is 6.92 Å². The number of para-hydroxylation sites is 1. The fourth-order valence-corrected chi connectivity index (χ4v) is 5.86. The molecule has 0 spiro atoms. The molecule has 1 N–H and O–H groups in total. The van der Waals surface area contributed by atoms with E-state index in [1.807, 2.05) is 88.4 Å². The van der Waals surface area contributed by atoms with Gasteiger partial charge in [0, 0.05) is 36.5 Å². The Morgan fingerprint density at radius 2 is 1.54 bits per heavy atom. The van der Waals surface area contributed by atoms with Gasteiger partial charge in [0.05, 0.1) is 11.9 Å². The summed E-state index contributed by atoms with van der Waals surface area (Å²) < 4.78 is 26.7. The number of aryl methyl sites for hydroxylation is 1. The number of hydrogen-bond donors (Lipinski definition) is 1. The molecule has 220 valence electrons. The molecule has 9 heteroatoms. The molecule has 3 aromatic carbocycles. The standard InChI is InChI=1S/C32H40ClN3O4S/c1-24-14-9-12-19-28(24)36(41(5,39)40)21-13-20-30(37)35(23-26-17-10-11-18-27(26)33)29(31(38)34-32(2,3)4)22-25-15-7-6-8-16-25/h6-12,14-19,29H,13,20-23H2,1-5H3,(H,34,38)/t29-/m1/s1. The van der Waals surface area contributed by atoms with Gasteiger partial charge in [0.25, 0.3) is 0 Å². The highest BCUT2D eigenvalue weighted by atomic mass is 35.5. The summed E-state index contributed by atoms with van der Waals surface area (Å²) in [7, 11) is -3.58. The van der Waals surface area contributed by atoms with Gasteiger partial charge in [-0.1, -0.05) is 78.3 Å². The Balaban J connectivity index is 1.92. The monoisotopic (exact) mass is 597 g/mol. The lowest BCUT2D eigenvalue weighted by Crippen LogP contribution is -2.54. The molecule has 0 fully saturated rings. The minimum absolute atomic E-state index is 0.0520. The van der Waals surface area contributed by atoms with E-state index < -0.39 is 21.6 Å². The highest BCUT2D eigenvalue weighted by molar-refractivity contribution is 7.92. The normalized spacial score (nSPS) is 12.4. The first-order valence-corrected chi connectivity index (χ1v) is 15.9. The molecule has 41 heavy (non-hydrogen) atoms. The molecule has 3 rings (SSSR count). The van der Waals surface area contributed by atoms with Crippen LogP contribution in [-0.4, -0.2) is 49.5 Å². The second kappa shape index (κ2) is 14.0. The van der Waals surface area contributed by atoms with Crippen molar-refractivity contribution in [3.05, 3.63) is 101 Å². The van der Waals surface area contributed by atoms with E-state index in [1.54, 1.807) is 23.1 Å². The SMILES string of the molecule is Cc1ccccc1N(CCCC(=O)N(Cc1ccccc1Cl)[C@H](Cc1ccccc1)C(=O)NC(C)(C)C)S(C)(=O)=O. The largest absolute Gasteiger partial charge is 0.350 e. The number of sulfonamides is 1. The number of nitrogens with zero attached hydrogens (tertiary/aromatic N) is 2. The zero-order valence-corrected chi connectivity index (χ0v) is 26.0. The van der Waals surface area contributed by atoms with Crippen LogP contribution in [0.1, 0.15) is 50.3 Å². The number of carbonyl (C=O) groups excluding carboxylic acids is 2. The Kier molecular flexibility index (Phi) is 11.0. The van der Waals surface area contributed by atoms with Gasteiger partial charge in [-0.3, -0.25) is 13.9 Å². The van der Waals surface area contributed by atoms with Crippen molar-refractivity contribution >= 4 is 39.1 Å². The van der Waals surface area contributed by atoms with Gasteiger partial charge in [0.2, 0.25) is 21.8 Å². The van der Waals surface area contributed by atoms with Crippen LogP contribution in [0.25, 0.3) is 0 Å². The van der Waals surface area contributed by atoms with E-state index in [-0.39, 0.29) is 37.7 Å². The Labute approximate surface area is 249 Å². The van der Waals surface area contributed by atoms with Gasteiger partial charge in [-0.25, -0.2) is 8.42 Å². The lowest BCUT2D eigenvalue weighted by molar-refractivity contribution is -0.142. The molecule has 1 atom stereocenters. The van der Waals surface area contributed by atoms with E-state index in [2.05, 4.69) is 5.32 Å². The van der Waals surface area contributed by atoms with Crippen molar-refractivity contribution in [3.63, 3.8) is 0 Å². The third kappa shape index (κ3) is 9.61. The maximum atomic E-state index is 13.9. The number of anilines is 1. The van der Waals surface area contributed by atoms with Crippen LogP contribution in [0.4, 0.5) is 5.69 Å². The van der Waals surface area contributed by atoms with E-state index >= 15 is 0 Å². The molecule has 0 bridgehead atoms. The highest BCUT2D eigenvalue weighted by Gasteiger charge is 2.32. The number of hydrogen-bond acceptors (Lipinski definition) is 4. The van der Waals surface area contributed by atoms with Gasteiger partial charge in [0.1, 0.15) is 6.04 Å². The van der Waals surface area contributed by atoms with Gasteiger partial charge in [0.15, 0.2) is 0 Å². The molecule has 0 aliphatic heterocycles. The smallest absolute Gasteiger partial charge is 0.243 e. The average Bonchev–Trinajstić information content (AvgIpc) is 2.89. The average molecular weight is 598 g/mol. The molecule has 0 aromatic heterocycles. The van der Waals surface area contributed by atoms with Crippen molar-refractivity contribution in [2.75, 3.05) is 17.1 Å². The highest BCUT2D eigenvalue weighted by Crippen LogP contribution is 2.24. The van der Waals surface area contributed by atoms with Crippen molar-refractivity contribution in [1.29, 1.82) is 0 Å². The molecule has 0 saturated carbocycles. The Hall–Kier alpha value is -3.36. The van der Waals surface area contributed by atoms with Crippen LogP contribution in [0.5, 0.6) is 0 Å². The first kappa shape index (κ1) is 32.2. The molecule has 0 aliphatic rings. The number of halogens is 1. The van der Waals surface area contributed by atoms with Gasteiger partial charge in [-0.05, 0) is 62.9 Å². The fraction of sp³-hybridized carbons (Fsp3) is 0.375. The predicted octanol–water partition coefficient (Wildman–Crippen LogP) is 5.75. The van der Waals surface area contributed by atoms with Crippen molar-refractivity contribution in [3.8, 4) is 0 Å². The zero-order chi connectivity index (χ0) is 30.2. The van der Waals surface area contributed by atoms with Gasteiger partial charge in [-0.2, -0.15) is 0 Å². The van der Waals surface area contributed by atoms with E-state index in [1.165, 1.54) is 4.31 Å². The summed E-state index contributed by atoms with van der Waals surface area (Å²) in [6.07, 6.45) is 1.81. The second-order valence-electron chi connectivity index (χ2n) is 11.3. The predicted molar refractivity (Wildman–Crippen MR) is 166 cm³/mol. The summed E-state index contributed by atoms with van der Waals surface area (Å²) in [5.74, 6) is -0.521. The van der Waals surface area contributed by atoms with Crippen LogP contribution < -0.4 is 9.62 Å². The topological polar surface area (TPSA) is 86.8 Å². The van der Waals surface area contributed by atoms with Crippen LogP contribution in [0.15, 0.2) is 78.9 Å². The zero-order valence-electron chi connectivity index (χ0n) is 24.4. The van der Waals surface area contributed by atoms with E-state index in [4.69, 9.17) is 11.6 Å². The van der Waals surface area contributed by atoms with E-state index in [0.717, 1.165) is 22.9 Å². The van der Waals surface area contributed by atoms with Crippen molar-refractivity contribution in [1.82, 2.24) is 10.2 Å². The fourth-order valence-electron chi connectivity index (χ4n) is 4.64. The number of rotatable bonds is 12. The third-order valence-corrected chi connectivity index (χ3v) is 8.15. The number of nitrogens with one attached hydrogen (secondary N) is 1. The van der Waals surface area contributed by atoms with Crippen molar-refractivity contribution in [2.45, 2.75) is 65.1 Å². The van der Waals surface area contributed by atoms with Crippen molar-refractivity contribution < 1.29 is 18.0 Å². The van der Waals surface area contributed by atoms with Gasteiger partial charge < -0.3 is 10.2 Å². The van der Waals surface area contributed by atoms with Gasteiger partial charge in [-0.15, -0.1) is 0 Å². The molecule has 0 saturated heterocycles. The van der Waals surface area contributed by atoms with E-state index in [9.17, 15) is 18.0 Å². The second-order valence-corrected chi connectivity index (χ2v) is 13.6. The molecule has 0 heterocycles. The molecule has 3 aromatic rings. The van der Waals surface area contributed by atoms with Gasteiger partial charge >= 0.3 is 0 Å². The summed E-state index contributed by atoms with van der Waals surface area (Å²) in [4.78, 5) is 29.2. The quantitative estimate of drug-likeness (QED) is 0.288. The maximum Gasteiger partial charge on any atom is 0.243 e. The minimum atomic E-state index is -3.58. The van der Waals surface area contributed by atoms with Crippen molar-refractivity contribution in [2.24, 2.45) is 0 Å². The summed E-state index contributed by atoms with van der Waals surface area (Å²) in [5, 5.41) is 3.55. The van der Waals surface area contributed by atoms with Crippen LogP contribution in [0.2, 0.25) is 5.02 Å². The lowest BCUT2D eigenvalue weighted by atomic mass is 10.00. The first-order chi connectivity index (χ1) is 19.3. The number of benzene rings is 3. The molecule has 0 aliphatic carbocycles. The van der Waals surface area contributed by atoms with Crippen LogP contribution >= 0.6 is 11.6 Å². The maximum absolute atomic E-state index is 13.9. The van der Waals surface area contributed by atoms with E-state index in [0.29, 0.717) is 17.1 Å². The Morgan fingerprint density at radius 1 is 0.927 bits per heavy atom. The molecule has 2 amide bonds.